The zero-order valence-electron chi connectivity index (χ0n) is 6.51. The Bertz CT molecular complexity index is 178. The molecule has 0 N–H and O–H groups in total. The van der Waals surface area contributed by atoms with Crippen molar-refractivity contribution in [3.63, 3.8) is 0 Å². The summed E-state index contributed by atoms with van der Waals surface area (Å²) in [6.45, 7) is 0.626. The molecule has 0 aromatic heterocycles. The second kappa shape index (κ2) is 4.15. The van der Waals surface area contributed by atoms with Gasteiger partial charge in [-0.2, -0.15) is 0 Å². The van der Waals surface area contributed by atoms with Gasteiger partial charge in [-0.05, 0) is 12.8 Å². The Morgan fingerprint density at radius 3 is 3.00 bits per heavy atom. The second-order valence-electron chi connectivity index (χ2n) is 2.67. The van der Waals surface area contributed by atoms with Crippen LogP contribution in [0.3, 0.4) is 0 Å². The van der Waals surface area contributed by atoms with Crippen molar-refractivity contribution in [3.8, 4) is 12.3 Å². The van der Waals surface area contributed by atoms with Crippen LogP contribution in [0.5, 0.6) is 0 Å². The van der Waals surface area contributed by atoms with E-state index < -0.39 is 0 Å². The number of carbonyl (C=O) groups is 1. The summed E-state index contributed by atoms with van der Waals surface area (Å²) in [5, 5.41) is 0. The van der Waals surface area contributed by atoms with E-state index in [0.29, 0.717) is 13.0 Å². The zero-order valence-corrected chi connectivity index (χ0v) is 6.51. The van der Waals surface area contributed by atoms with Crippen molar-refractivity contribution in [3.05, 3.63) is 0 Å². The fraction of sp³-hybridized carbons (Fsp3) is 0.667. The maximum Gasteiger partial charge on any atom is 0.161 e. The van der Waals surface area contributed by atoms with Gasteiger partial charge in [-0.1, -0.05) is 0 Å². The van der Waals surface area contributed by atoms with E-state index in [1.54, 1.807) is 0 Å². The molecule has 1 atom stereocenters. The van der Waals surface area contributed by atoms with Crippen LogP contribution in [0, 0.1) is 12.3 Å². The molecule has 60 valence electrons. The molecule has 2 nitrogen and oxygen atoms in total. The molecule has 0 bridgehead atoms. The summed E-state index contributed by atoms with van der Waals surface area (Å²) in [6, 6.07) is 0. The van der Waals surface area contributed by atoms with Gasteiger partial charge in [0.15, 0.2) is 5.78 Å². The minimum atomic E-state index is -0.104. The smallest absolute Gasteiger partial charge is 0.161 e. The van der Waals surface area contributed by atoms with Crippen molar-refractivity contribution in [1.82, 2.24) is 0 Å². The number of Topliss-reactive ketones (excluding diaryl/α,β-unsaturated/α-hetero) is 1. The van der Waals surface area contributed by atoms with Crippen molar-refractivity contribution in [1.29, 1.82) is 0 Å². The van der Waals surface area contributed by atoms with Crippen LogP contribution in [0.4, 0.5) is 0 Å². The number of rotatable bonds is 4. The largest absolute Gasteiger partial charge is 0.370 e. The van der Waals surface area contributed by atoms with E-state index >= 15 is 0 Å². The van der Waals surface area contributed by atoms with Crippen molar-refractivity contribution in [2.45, 2.75) is 31.8 Å². The molecule has 2 heteroatoms. The van der Waals surface area contributed by atoms with Crippen LogP contribution in [0.15, 0.2) is 0 Å². The maximum atomic E-state index is 10.7. The van der Waals surface area contributed by atoms with Crippen molar-refractivity contribution in [2.24, 2.45) is 0 Å². The van der Waals surface area contributed by atoms with Gasteiger partial charge in [0.1, 0.15) is 6.10 Å². The van der Waals surface area contributed by atoms with Gasteiger partial charge in [0.25, 0.3) is 0 Å². The topological polar surface area (TPSA) is 26.3 Å². The summed E-state index contributed by atoms with van der Waals surface area (Å²) in [4.78, 5) is 10.7. The van der Waals surface area contributed by atoms with Crippen LogP contribution in [0.2, 0.25) is 0 Å². The Kier molecular flexibility index (Phi) is 3.13. The first kappa shape index (κ1) is 8.29. The van der Waals surface area contributed by atoms with Gasteiger partial charge in [-0.3, -0.25) is 4.79 Å². The Balaban J connectivity index is 1.96. The highest BCUT2D eigenvalue weighted by molar-refractivity contribution is 5.88. The van der Waals surface area contributed by atoms with Gasteiger partial charge in [0.2, 0.25) is 0 Å². The molecule has 1 rings (SSSR count). The third-order valence-electron chi connectivity index (χ3n) is 1.80. The highest BCUT2D eigenvalue weighted by atomic mass is 16.5. The molecule has 0 aromatic carbocycles. The summed E-state index contributed by atoms with van der Waals surface area (Å²) in [5.74, 6) is 2.77. The van der Waals surface area contributed by atoms with Crippen LogP contribution in [0.1, 0.15) is 25.7 Å². The number of unbranched alkanes of at least 4 members (excludes halogenated alkanes) is 1. The summed E-state index contributed by atoms with van der Waals surface area (Å²) >= 11 is 0. The molecule has 1 aliphatic rings. The molecule has 0 heterocycles. The fourth-order valence-corrected chi connectivity index (χ4v) is 0.956. The van der Waals surface area contributed by atoms with E-state index in [1.807, 2.05) is 0 Å². The summed E-state index contributed by atoms with van der Waals surface area (Å²) in [5.41, 5.74) is 0. The number of ketones is 1. The Labute approximate surface area is 66.9 Å². The standard InChI is InChI=1S/C9H12O2/c1-2-3-4-7-11-9-6-5-8(9)10/h1,9H,3-7H2. The van der Waals surface area contributed by atoms with Crippen molar-refractivity contribution >= 4 is 5.78 Å². The summed E-state index contributed by atoms with van der Waals surface area (Å²) in [7, 11) is 0. The van der Waals surface area contributed by atoms with Gasteiger partial charge < -0.3 is 4.74 Å². The van der Waals surface area contributed by atoms with E-state index in [9.17, 15) is 4.79 Å². The summed E-state index contributed by atoms with van der Waals surface area (Å²) < 4.78 is 5.25. The molecule has 1 unspecified atom stereocenters. The Hall–Kier alpha value is -0.810. The number of hydrogen-bond donors (Lipinski definition) is 0. The molecule has 1 aliphatic carbocycles. The lowest BCUT2D eigenvalue weighted by molar-refractivity contribution is -0.140. The number of hydrogen-bond acceptors (Lipinski definition) is 2. The monoisotopic (exact) mass is 152 g/mol. The van der Waals surface area contributed by atoms with Crippen molar-refractivity contribution < 1.29 is 9.53 Å². The van der Waals surface area contributed by atoms with Crippen LogP contribution in [-0.4, -0.2) is 18.5 Å². The van der Waals surface area contributed by atoms with Gasteiger partial charge in [0, 0.05) is 19.4 Å². The third-order valence-corrected chi connectivity index (χ3v) is 1.80. The first-order chi connectivity index (χ1) is 5.34. The maximum absolute atomic E-state index is 10.7. The van der Waals surface area contributed by atoms with Gasteiger partial charge in [0.05, 0.1) is 0 Å². The number of carbonyl (C=O) groups excluding carboxylic acids is 1. The lowest BCUT2D eigenvalue weighted by Gasteiger charge is -2.23. The highest BCUT2D eigenvalue weighted by Gasteiger charge is 2.28. The molecular weight excluding hydrogens is 140 g/mol. The zero-order chi connectivity index (χ0) is 8.10. The summed E-state index contributed by atoms with van der Waals surface area (Å²) in [6.07, 6.45) is 8.13. The predicted octanol–water partition coefficient (Wildman–Crippen LogP) is 1.15. The minimum absolute atomic E-state index is 0.104. The Morgan fingerprint density at radius 1 is 1.73 bits per heavy atom. The normalized spacial score (nSPS) is 22.5. The number of terminal acetylenes is 1. The second-order valence-corrected chi connectivity index (χ2v) is 2.67. The van der Waals surface area contributed by atoms with Gasteiger partial charge in [-0.15, -0.1) is 12.3 Å². The molecule has 0 aromatic rings. The SMILES string of the molecule is C#CCCCOC1CCC1=O. The average Bonchev–Trinajstić information content (AvgIpc) is 2.02. The lowest BCUT2D eigenvalue weighted by Crippen LogP contribution is -2.34. The lowest BCUT2D eigenvalue weighted by atomic mass is 9.94. The van der Waals surface area contributed by atoms with Crippen LogP contribution in [-0.2, 0) is 9.53 Å². The van der Waals surface area contributed by atoms with Crippen LogP contribution < -0.4 is 0 Å². The molecule has 0 amide bonds. The van der Waals surface area contributed by atoms with Gasteiger partial charge >= 0.3 is 0 Å². The first-order valence-corrected chi connectivity index (χ1v) is 3.92. The minimum Gasteiger partial charge on any atom is -0.370 e. The molecule has 0 radical (unpaired) electrons. The molecule has 0 saturated heterocycles. The molecule has 0 spiro atoms. The number of ether oxygens (including phenoxy) is 1. The third kappa shape index (κ3) is 2.36. The van der Waals surface area contributed by atoms with E-state index in [0.717, 1.165) is 19.3 Å². The Morgan fingerprint density at radius 2 is 2.55 bits per heavy atom. The molecule has 1 fully saturated rings. The van der Waals surface area contributed by atoms with Crippen molar-refractivity contribution in [2.75, 3.05) is 6.61 Å². The van der Waals surface area contributed by atoms with Gasteiger partial charge in [-0.25, -0.2) is 0 Å². The molecular formula is C9H12O2. The quantitative estimate of drug-likeness (QED) is 0.446. The van der Waals surface area contributed by atoms with Crippen LogP contribution in [0.25, 0.3) is 0 Å². The van der Waals surface area contributed by atoms with E-state index in [1.165, 1.54) is 0 Å². The van der Waals surface area contributed by atoms with E-state index in [4.69, 9.17) is 11.2 Å². The molecule has 1 saturated carbocycles. The predicted molar refractivity (Wildman–Crippen MR) is 42.0 cm³/mol. The van der Waals surface area contributed by atoms with Crippen LogP contribution >= 0.6 is 0 Å². The fourth-order valence-electron chi connectivity index (χ4n) is 0.956. The first-order valence-electron chi connectivity index (χ1n) is 3.92. The highest BCUT2D eigenvalue weighted by Crippen LogP contribution is 2.17. The molecule has 11 heavy (non-hydrogen) atoms. The van der Waals surface area contributed by atoms with E-state index in [2.05, 4.69) is 5.92 Å². The average molecular weight is 152 g/mol. The van der Waals surface area contributed by atoms with E-state index in [-0.39, 0.29) is 11.9 Å². The molecule has 0 aliphatic heterocycles.